The molecule has 4 radical (unpaired) electrons. The zero-order valence-electron chi connectivity index (χ0n) is 29.5. The number of fused-ring (bicyclic) bond motifs is 3. The average molecular weight is 696 g/mol. The predicted molar refractivity (Wildman–Crippen MR) is 196 cm³/mol. The highest BCUT2D eigenvalue weighted by Gasteiger charge is 2.45. The number of carbonyl (C=O) groups excluding carboxylic acids is 1. The number of nitrogens with zero attached hydrogens (tertiary/aromatic N) is 3. The van der Waals surface area contributed by atoms with Crippen LogP contribution in [0.4, 0.5) is 13.6 Å². The summed E-state index contributed by atoms with van der Waals surface area (Å²) in [4.78, 5) is 39.6. The van der Waals surface area contributed by atoms with Crippen molar-refractivity contribution in [1.82, 2.24) is 30.5 Å². The Morgan fingerprint density at radius 1 is 1.16 bits per heavy atom. The van der Waals surface area contributed by atoms with Gasteiger partial charge < -0.3 is 20.1 Å². The van der Waals surface area contributed by atoms with E-state index in [2.05, 4.69) is 30.5 Å². The Morgan fingerprint density at radius 3 is 2.61 bits per heavy atom. The summed E-state index contributed by atoms with van der Waals surface area (Å²) in [5.74, 6) is -0.745. The van der Waals surface area contributed by atoms with Crippen molar-refractivity contribution in [2.24, 2.45) is 0 Å². The third-order valence-electron chi connectivity index (χ3n) is 10.2. The molecular formula is C37H44B2F2N6O4. The van der Waals surface area contributed by atoms with Crippen LogP contribution < -0.4 is 20.9 Å². The number of alkyl halides is 1. The number of hydrogen-bond donors (Lipinski definition) is 3. The highest BCUT2D eigenvalue weighted by Crippen LogP contribution is 2.39. The number of pyridine rings is 1. The van der Waals surface area contributed by atoms with Crippen molar-refractivity contribution in [1.29, 1.82) is 0 Å². The topological polar surface area (TPSA) is 121 Å². The molecule has 0 saturated carbocycles. The number of benzene rings is 2. The lowest BCUT2D eigenvalue weighted by Crippen LogP contribution is -2.59. The monoisotopic (exact) mass is 696 g/mol. The third-order valence-corrected chi connectivity index (χ3v) is 10.2. The largest absolute Gasteiger partial charge is 0.463 e. The third kappa shape index (κ3) is 7.77. The minimum Gasteiger partial charge on any atom is -0.463 e. The van der Waals surface area contributed by atoms with Crippen LogP contribution in [-0.2, 0) is 11.2 Å². The summed E-state index contributed by atoms with van der Waals surface area (Å²) < 4.78 is 41.8. The number of aromatic amines is 1. The standard InChI is InChI=1S/C35H38B2F2N6O4.C2H6/c1-33(16-23(38)17-40-19-33)44-32(47)49-35(36,37)13-10-22-7-2-6-21-8-3-9-24(26(21)22)28-27(39)29-25(18-41-28)30(46)43-31(42-29)48-20-34-11-4-14-45(34)15-5-12-34;1-2/h2-3,6-9,18,23,40H,4-5,10-17,19-20H2,1H3,(H,44,47)(H,42,43,46);1-2H3. The van der Waals surface area contributed by atoms with Crippen LogP contribution >= 0.6 is 0 Å². The summed E-state index contributed by atoms with van der Waals surface area (Å²) in [6, 6.07) is 11.0. The molecule has 266 valence electrons. The summed E-state index contributed by atoms with van der Waals surface area (Å²) in [5.41, 5.74) is -0.317. The lowest BCUT2D eigenvalue weighted by Gasteiger charge is -2.37. The van der Waals surface area contributed by atoms with Gasteiger partial charge in [0.1, 0.15) is 39.7 Å². The van der Waals surface area contributed by atoms with E-state index in [1.165, 1.54) is 6.20 Å². The number of carbonyl (C=O) groups is 1. The molecule has 2 aromatic carbocycles. The summed E-state index contributed by atoms with van der Waals surface area (Å²) in [6.45, 7) is 8.75. The van der Waals surface area contributed by atoms with Crippen molar-refractivity contribution >= 4 is 43.5 Å². The van der Waals surface area contributed by atoms with Crippen molar-refractivity contribution in [2.45, 2.75) is 88.4 Å². The van der Waals surface area contributed by atoms with Gasteiger partial charge in [0.25, 0.3) is 11.6 Å². The predicted octanol–water partition coefficient (Wildman–Crippen LogP) is 5.05. The molecule has 0 bridgehead atoms. The van der Waals surface area contributed by atoms with E-state index in [9.17, 15) is 14.0 Å². The van der Waals surface area contributed by atoms with Crippen LogP contribution in [0.25, 0.3) is 32.9 Å². The smallest absolute Gasteiger partial charge is 0.406 e. The normalized spacial score (nSPS) is 21.5. The Hall–Kier alpha value is -4.03. The molecule has 2 unspecified atom stereocenters. The molecule has 1 amide bonds. The van der Waals surface area contributed by atoms with Gasteiger partial charge in [-0.1, -0.05) is 50.2 Å². The molecule has 3 N–H and O–H groups in total. The molecule has 4 aromatic rings. The number of ether oxygens (including phenoxy) is 2. The van der Waals surface area contributed by atoms with E-state index < -0.39 is 34.6 Å². The maximum absolute atomic E-state index is 16.4. The van der Waals surface area contributed by atoms with Gasteiger partial charge >= 0.3 is 6.09 Å². The quantitative estimate of drug-likeness (QED) is 0.208. The first-order valence-corrected chi connectivity index (χ1v) is 17.9. The molecule has 3 saturated heterocycles. The van der Waals surface area contributed by atoms with Gasteiger partial charge in [0.05, 0.1) is 16.5 Å². The number of alkyl carbamates (subject to hydrolysis) is 1. The average Bonchev–Trinajstić information content (AvgIpc) is 3.68. The molecule has 3 aliphatic rings. The number of piperidine rings is 1. The van der Waals surface area contributed by atoms with E-state index in [0.29, 0.717) is 24.1 Å². The zero-order chi connectivity index (χ0) is 36.4. The van der Waals surface area contributed by atoms with Crippen LogP contribution in [0.2, 0.25) is 0 Å². The van der Waals surface area contributed by atoms with Gasteiger partial charge in [-0.3, -0.25) is 19.7 Å². The van der Waals surface area contributed by atoms with E-state index in [1.54, 1.807) is 19.1 Å². The maximum atomic E-state index is 16.4. The van der Waals surface area contributed by atoms with Gasteiger partial charge in [-0.25, -0.2) is 13.6 Å². The molecule has 51 heavy (non-hydrogen) atoms. The van der Waals surface area contributed by atoms with Crippen molar-refractivity contribution in [2.75, 3.05) is 32.8 Å². The van der Waals surface area contributed by atoms with Crippen LogP contribution in [0.15, 0.2) is 47.4 Å². The summed E-state index contributed by atoms with van der Waals surface area (Å²) in [5, 5.41) is 5.31. The van der Waals surface area contributed by atoms with Crippen molar-refractivity contribution in [3.8, 4) is 17.3 Å². The first kappa shape index (κ1) is 36.8. The number of aryl methyl sites for hydroxylation is 1. The fourth-order valence-corrected chi connectivity index (χ4v) is 7.85. The van der Waals surface area contributed by atoms with Gasteiger partial charge in [-0.15, -0.1) is 0 Å². The molecular weight excluding hydrogens is 652 g/mol. The second-order valence-electron chi connectivity index (χ2n) is 14.0. The van der Waals surface area contributed by atoms with E-state index in [0.717, 1.165) is 49.7 Å². The molecule has 3 aliphatic heterocycles. The van der Waals surface area contributed by atoms with Crippen molar-refractivity contribution < 1.29 is 23.0 Å². The fraction of sp³-hybridized carbons (Fsp3) is 0.514. The van der Waals surface area contributed by atoms with Gasteiger partial charge in [0, 0.05) is 36.7 Å². The number of hydrogen-bond acceptors (Lipinski definition) is 8. The molecule has 3 fully saturated rings. The first-order chi connectivity index (χ1) is 24.4. The Kier molecular flexibility index (Phi) is 10.7. The van der Waals surface area contributed by atoms with Gasteiger partial charge in [0.2, 0.25) is 0 Å². The van der Waals surface area contributed by atoms with E-state index >= 15 is 4.39 Å². The Bertz CT molecular complexity index is 1950. The summed E-state index contributed by atoms with van der Waals surface area (Å²) >= 11 is 0. The second kappa shape index (κ2) is 14.9. The number of halogens is 2. The highest BCUT2D eigenvalue weighted by atomic mass is 19.1. The number of amides is 1. The summed E-state index contributed by atoms with van der Waals surface area (Å²) in [7, 11) is 12.4. The number of H-pyrrole nitrogens is 1. The zero-order valence-corrected chi connectivity index (χ0v) is 29.5. The van der Waals surface area contributed by atoms with Gasteiger partial charge in [-0.05, 0) is 74.9 Å². The SMILES string of the molecule is CC.[B]C([B])(CCc1cccc2cccc(-c3ncc4c(=O)[nH]c(OCC56CCCN5CCC6)nc4c3F)c12)OC(=O)NC1(C)CNCC(F)C1. The molecule has 10 nitrogen and oxygen atoms in total. The molecule has 2 atom stereocenters. The molecule has 0 aliphatic carbocycles. The van der Waals surface area contributed by atoms with Crippen LogP contribution in [-0.4, -0.2) is 97.1 Å². The van der Waals surface area contributed by atoms with E-state index in [-0.39, 0.29) is 54.0 Å². The van der Waals surface area contributed by atoms with Crippen molar-refractivity contribution in [3.63, 3.8) is 0 Å². The van der Waals surface area contributed by atoms with E-state index in [4.69, 9.17) is 25.2 Å². The van der Waals surface area contributed by atoms with Gasteiger partial charge in [0.15, 0.2) is 5.82 Å². The Labute approximate surface area is 299 Å². The first-order valence-electron chi connectivity index (χ1n) is 17.9. The van der Waals surface area contributed by atoms with Gasteiger partial charge in [-0.2, -0.15) is 4.98 Å². The van der Waals surface area contributed by atoms with Crippen LogP contribution in [0.1, 0.15) is 64.9 Å². The summed E-state index contributed by atoms with van der Waals surface area (Å²) in [6.07, 6.45) is 4.03. The Balaban J connectivity index is 0.00000220. The van der Waals surface area contributed by atoms with E-state index in [1.807, 2.05) is 38.1 Å². The molecule has 14 heteroatoms. The number of nitrogens with one attached hydrogen (secondary N) is 3. The lowest BCUT2D eigenvalue weighted by molar-refractivity contribution is 0.0904. The molecule has 0 spiro atoms. The fourth-order valence-electron chi connectivity index (χ4n) is 7.85. The Morgan fingerprint density at radius 2 is 1.88 bits per heavy atom. The molecule has 5 heterocycles. The van der Waals surface area contributed by atoms with Crippen molar-refractivity contribution in [3.05, 3.63) is 64.3 Å². The highest BCUT2D eigenvalue weighted by molar-refractivity contribution is 6.39. The second-order valence-corrected chi connectivity index (χ2v) is 14.0. The molecule has 2 aromatic heterocycles. The van der Waals surface area contributed by atoms with Crippen LogP contribution in [0.3, 0.4) is 0 Å². The minimum absolute atomic E-state index is 0.0157. The number of rotatable bonds is 9. The lowest BCUT2D eigenvalue weighted by atomic mass is 9.62. The number of aromatic nitrogens is 3. The molecule has 7 rings (SSSR count). The minimum atomic E-state index is -1.85. The maximum Gasteiger partial charge on any atom is 0.406 e. The van der Waals surface area contributed by atoms with Crippen LogP contribution in [0, 0.1) is 5.82 Å². The van der Waals surface area contributed by atoms with Crippen LogP contribution in [0.5, 0.6) is 6.01 Å².